The highest BCUT2D eigenvalue weighted by Gasteiger charge is 2.52. The van der Waals surface area contributed by atoms with Crippen molar-refractivity contribution in [2.24, 2.45) is 5.92 Å². The Hall–Kier alpha value is -2.55. The SMILES string of the molecule is C[C@@H]1[C@@H]([Si](C)(C)F)[C@H](CC(=O)N2Cc3ccccc3C[C@H]2CO)O[C@@H]1CCc1cccc(N2CCCCC2=O)c1. The summed E-state index contributed by atoms with van der Waals surface area (Å²) in [5, 5.41) is 10.1. The Bertz CT molecular complexity index is 1220. The molecule has 2 saturated heterocycles. The number of carbonyl (C=O) groups excluding carboxylic acids is 2. The fraction of sp³-hybridized carbons (Fsp3) is 0.562. The van der Waals surface area contributed by atoms with Gasteiger partial charge in [0.25, 0.3) is 0 Å². The molecule has 2 aromatic rings. The number of piperidine rings is 1. The number of hydrogen-bond acceptors (Lipinski definition) is 4. The largest absolute Gasteiger partial charge is 0.394 e. The Balaban J connectivity index is 1.26. The molecule has 40 heavy (non-hydrogen) atoms. The molecule has 3 heterocycles. The lowest BCUT2D eigenvalue weighted by Gasteiger charge is -2.37. The average molecular weight is 567 g/mol. The Kier molecular flexibility index (Phi) is 8.78. The van der Waals surface area contributed by atoms with E-state index in [-0.39, 0.29) is 48.4 Å². The van der Waals surface area contributed by atoms with Gasteiger partial charge in [-0.05, 0) is 79.9 Å². The molecule has 0 saturated carbocycles. The van der Waals surface area contributed by atoms with E-state index in [1.807, 2.05) is 35.2 Å². The first-order chi connectivity index (χ1) is 19.2. The van der Waals surface area contributed by atoms with E-state index in [0.717, 1.165) is 49.0 Å². The van der Waals surface area contributed by atoms with E-state index in [2.05, 4.69) is 25.1 Å². The number of rotatable bonds is 8. The second-order valence-electron chi connectivity index (χ2n) is 12.4. The molecule has 5 rings (SSSR count). The van der Waals surface area contributed by atoms with Crippen molar-refractivity contribution in [2.45, 2.75) is 95.3 Å². The zero-order valence-corrected chi connectivity index (χ0v) is 25.0. The number of carbonyl (C=O) groups is 2. The smallest absolute Gasteiger partial charge is 0.246 e. The Morgan fingerprint density at radius 3 is 2.60 bits per heavy atom. The summed E-state index contributed by atoms with van der Waals surface area (Å²) in [6.45, 7) is 6.65. The van der Waals surface area contributed by atoms with Crippen molar-refractivity contribution in [3.05, 3.63) is 65.2 Å². The minimum absolute atomic E-state index is 0.00652. The lowest BCUT2D eigenvalue weighted by Crippen LogP contribution is -2.48. The van der Waals surface area contributed by atoms with Crippen LogP contribution in [0.1, 0.15) is 55.7 Å². The fourth-order valence-corrected chi connectivity index (χ4v) is 9.72. The van der Waals surface area contributed by atoms with Crippen LogP contribution >= 0.6 is 0 Å². The molecule has 2 aromatic carbocycles. The maximum absolute atomic E-state index is 15.7. The first kappa shape index (κ1) is 29.0. The number of halogens is 1. The number of aliphatic hydroxyl groups is 1. The van der Waals surface area contributed by atoms with Crippen LogP contribution in [0.25, 0.3) is 0 Å². The van der Waals surface area contributed by atoms with Crippen LogP contribution in [-0.2, 0) is 33.7 Å². The second-order valence-corrected chi connectivity index (χ2v) is 16.2. The topological polar surface area (TPSA) is 70.1 Å². The molecule has 6 nitrogen and oxygen atoms in total. The third kappa shape index (κ3) is 6.19. The molecular weight excluding hydrogens is 523 g/mol. The van der Waals surface area contributed by atoms with Crippen LogP contribution in [0.5, 0.6) is 0 Å². The van der Waals surface area contributed by atoms with Crippen LogP contribution in [0.15, 0.2) is 48.5 Å². The summed E-state index contributed by atoms with van der Waals surface area (Å²) in [5.74, 6) is 0.114. The normalized spacial score (nSPS) is 27.1. The Morgan fingerprint density at radius 2 is 1.88 bits per heavy atom. The molecule has 0 aromatic heterocycles. The number of anilines is 1. The van der Waals surface area contributed by atoms with Crippen LogP contribution < -0.4 is 4.90 Å². The van der Waals surface area contributed by atoms with Crippen LogP contribution in [0.2, 0.25) is 18.6 Å². The van der Waals surface area contributed by atoms with Gasteiger partial charge in [0, 0.05) is 30.7 Å². The third-order valence-electron chi connectivity index (χ3n) is 9.22. The minimum Gasteiger partial charge on any atom is -0.394 e. The lowest BCUT2D eigenvalue weighted by molar-refractivity contribution is -0.138. The number of aliphatic hydroxyl groups excluding tert-OH is 1. The molecule has 3 aliphatic heterocycles. The Morgan fingerprint density at radius 1 is 1.10 bits per heavy atom. The van der Waals surface area contributed by atoms with E-state index in [1.165, 1.54) is 5.56 Å². The van der Waals surface area contributed by atoms with Gasteiger partial charge < -0.3 is 23.8 Å². The van der Waals surface area contributed by atoms with E-state index >= 15 is 4.11 Å². The highest BCUT2D eigenvalue weighted by molar-refractivity contribution is 6.72. The van der Waals surface area contributed by atoms with Gasteiger partial charge in [-0.25, -0.2) is 0 Å². The number of ether oxygens (including phenoxy) is 1. The molecule has 2 fully saturated rings. The van der Waals surface area contributed by atoms with Crippen molar-refractivity contribution in [1.82, 2.24) is 4.90 Å². The van der Waals surface area contributed by atoms with Gasteiger partial charge in [-0.3, -0.25) is 9.59 Å². The van der Waals surface area contributed by atoms with Gasteiger partial charge in [0.2, 0.25) is 20.2 Å². The predicted octanol–water partition coefficient (Wildman–Crippen LogP) is 5.42. The first-order valence-corrected chi connectivity index (χ1v) is 17.8. The third-order valence-corrected chi connectivity index (χ3v) is 11.7. The molecule has 5 atom stereocenters. The zero-order chi connectivity index (χ0) is 28.4. The lowest BCUT2D eigenvalue weighted by atomic mass is 9.93. The molecule has 8 heteroatoms. The molecule has 0 radical (unpaired) electrons. The molecule has 0 unspecified atom stereocenters. The van der Waals surface area contributed by atoms with E-state index in [1.54, 1.807) is 18.0 Å². The number of aryl methyl sites for hydroxylation is 1. The molecule has 2 amide bonds. The van der Waals surface area contributed by atoms with Gasteiger partial charge in [0.15, 0.2) is 0 Å². The van der Waals surface area contributed by atoms with E-state index in [9.17, 15) is 14.7 Å². The van der Waals surface area contributed by atoms with E-state index in [4.69, 9.17) is 4.74 Å². The molecule has 0 aliphatic carbocycles. The van der Waals surface area contributed by atoms with Crippen LogP contribution in [0.4, 0.5) is 9.80 Å². The van der Waals surface area contributed by atoms with Crippen LogP contribution in [0.3, 0.4) is 0 Å². The average Bonchev–Trinajstić information content (AvgIpc) is 3.26. The van der Waals surface area contributed by atoms with Gasteiger partial charge in [0.05, 0.1) is 31.3 Å². The quantitative estimate of drug-likeness (QED) is 0.342. The minimum atomic E-state index is -3.13. The van der Waals surface area contributed by atoms with Crippen molar-refractivity contribution in [3.8, 4) is 0 Å². The number of fused-ring (bicyclic) bond motifs is 1. The van der Waals surface area contributed by atoms with Crippen molar-refractivity contribution in [2.75, 3.05) is 18.1 Å². The van der Waals surface area contributed by atoms with E-state index < -0.39 is 14.5 Å². The summed E-state index contributed by atoms with van der Waals surface area (Å²) in [4.78, 5) is 29.7. The van der Waals surface area contributed by atoms with Gasteiger partial charge in [-0.15, -0.1) is 0 Å². The van der Waals surface area contributed by atoms with Crippen molar-refractivity contribution in [1.29, 1.82) is 0 Å². The summed E-state index contributed by atoms with van der Waals surface area (Å²) in [6.07, 6.45) is 4.24. The summed E-state index contributed by atoms with van der Waals surface area (Å²) in [7, 11) is -3.13. The maximum atomic E-state index is 15.7. The zero-order valence-electron chi connectivity index (χ0n) is 24.0. The monoisotopic (exact) mass is 566 g/mol. The van der Waals surface area contributed by atoms with E-state index in [0.29, 0.717) is 19.4 Å². The Labute approximate surface area is 238 Å². The highest BCUT2D eigenvalue weighted by atomic mass is 28.4. The van der Waals surface area contributed by atoms with Crippen LogP contribution in [0, 0.1) is 5.92 Å². The molecular formula is C32H43FN2O4Si. The summed E-state index contributed by atoms with van der Waals surface area (Å²) in [6, 6.07) is 15.9. The van der Waals surface area contributed by atoms with Crippen molar-refractivity contribution in [3.63, 3.8) is 0 Å². The predicted molar refractivity (Wildman–Crippen MR) is 157 cm³/mol. The molecule has 1 N–H and O–H groups in total. The van der Waals surface area contributed by atoms with Gasteiger partial charge in [-0.2, -0.15) is 0 Å². The molecule has 0 bridgehead atoms. The molecule has 0 spiro atoms. The highest BCUT2D eigenvalue weighted by Crippen LogP contribution is 2.47. The van der Waals surface area contributed by atoms with Gasteiger partial charge in [-0.1, -0.05) is 43.3 Å². The molecule has 3 aliphatic rings. The molecule has 216 valence electrons. The van der Waals surface area contributed by atoms with Gasteiger partial charge >= 0.3 is 0 Å². The second kappa shape index (κ2) is 12.1. The van der Waals surface area contributed by atoms with Crippen molar-refractivity contribution >= 4 is 25.9 Å². The van der Waals surface area contributed by atoms with Crippen molar-refractivity contribution < 1.29 is 23.5 Å². The summed E-state index contributed by atoms with van der Waals surface area (Å²) in [5.41, 5.74) is 4.08. The van der Waals surface area contributed by atoms with Crippen LogP contribution in [-0.4, -0.2) is 61.6 Å². The number of benzene rings is 2. The van der Waals surface area contributed by atoms with Gasteiger partial charge in [0.1, 0.15) is 0 Å². The first-order valence-electron chi connectivity index (χ1n) is 14.9. The fourth-order valence-electron chi connectivity index (χ4n) is 7.18. The standard InChI is InChI=1S/C32H43FN2O4Si/c1-22-28(15-14-23-9-8-12-26(17-23)34-16-7-6-13-30(34)37)39-29(32(22)40(2,3)33)19-31(38)35-20-25-11-5-4-10-24(25)18-27(35)21-36/h4-5,8-12,17,22,27-29,32,36H,6-7,13-16,18-21H2,1-3H3/t22-,27-,28+,29-,32+/m0/s1. The summed E-state index contributed by atoms with van der Waals surface area (Å²) < 4.78 is 22.2. The summed E-state index contributed by atoms with van der Waals surface area (Å²) >= 11 is 0. The maximum Gasteiger partial charge on any atom is 0.246 e. The number of amides is 2. The number of hydrogen-bond donors (Lipinski definition) is 1. The number of nitrogens with zero attached hydrogens (tertiary/aromatic N) is 2.